The Morgan fingerprint density at radius 1 is 0.842 bits per heavy atom. The van der Waals surface area contributed by atoms with Crippen molar-refractivity contribution in [2.75, 3.05) is 5.73 Å². The minimum Gasteiger partial charge on any atom is -0.397 e. The summed E-state index contributed by atoms with van der Waals surface area (Å²) in [6.45, 7) is 0. The van der Waals surface area contributed by atoms with E-state index in [1.165, 1.54) is 0 Å². The van der Waals surface area contributed by atoms with E-state index >= 15 is 0 Å². The zero-order valence-corrected chi connectivity index (χ0v) is 10.3. The number of nitrogen functional groups attached to an aromatic ring is 1. The summed E-state index contributed by atoms with van der Waals surface area (Å²) < 4.78 is 0. The lowest BCUT2D eigenvalue weighted by Gasteiger charge is -2.09. The van der Waals surface area contributed by atoms with Crippen molar-refractivity contribution in [1.82, 2.24) is 9.97 Å². The first-order valence-corrected chi connectivity index (χ1v) is 6.06. The Morgan fingerprint density at radius 2 is 1.58 bits per heavy atom. The molecule has 0 saturated heterocycles. The number of benzene rings is 1. The van der Waals surface area contributed by atoms with Crippen LogP contribution in [0.25, 0.3) is 22.4 Å². The summed E-state index contributed by atoms with van der Waals surface area (Å²) in [6, 6.07) is 16.0. The van der Waals surface area contributed by atoms with Crippen molar-refractivity contribution < 1.29 is 0 Å². The van der Waals surface area contributed by atoms with Gasteiger partial charge < -0.3 is 5.73 Å². The molecule has 0 bridgehead atoms. The van der Waals surface area contributed by atoms with E-state index in [-0.39, 0.29) is 0 Å². The minimum atomic E-state index is 0.659. The third kappa shape index (κ3) is 2.31. The third-order valence-electron chi connectivity index (χ3n) is 2.95. The molecule has 3 heteroatoms. The van der Waals surface area contributed by atoms with E-state index in [1.807, 2.05) is 48.5 Å². The van der Waals surface area contributed by atoms with Gasteiger partial charge in [0.25, 0.3) is 0 Å². The highest BCUT2D eigenvalue weighted by molar-refractivity contribution is 5.82. The molecule has 0 aliphatic rings. The maximum absolute atomic E-state index is 5.86. The molecule has 2 N–H and O–H groups in total. The molecule has 0 aliphatic heterocycles. The number of nitrogens with two attached hydrogens (primary N) is 1. The van der Waals surface area contributed by atoms with Crippen LogP contribution in [-0.2, 0) is 0 Å². The molecule has 0 atom stereocenters. The zero-order valence-electron chi connectivity index (χ0n) is 10.3. The van der Waals surface area contributed by atoms with Gasteiger partial charge in [-0.2, -0.15) is 0 Å². The first kappa shape index (κ1) is 11.4. The number of hydrogen-bond acceptors (Lipinski definition) is 3. The monoisotopic (exact) mass is 247 g/mol. The summed E-state index contributed by atoms with van der Waals surface area (Å²) in [4.78, 5) is 8.52. The van der Waals surface area contributed by atoms with Gasteiger partial charge in [-0.15, -0.1) is 0 Å². The Hall–Kier alpha value is -2.68. The fourth-order valence-corrected chi connectivity index (χ4v) is 2.06. The molecule has 0 spiro atoms. The van der Waals surface area contributed by atoms with Crippen molar-refractivity contribution in [2.45, 2.75) is 0 Å². The number of hydrogen-bond donors (Lipinski definition) is 1. The van der Waals surface area contributed by atoms with Crippen molar-refractivity contribution >= 4 is 5.69 Å². The molecule has 0 saturated carbocycles. The van der Waals surface area contributed by atoms with Gasteiger partial charge in [-0.3, -0.25) is 9.97 Å². The Kier molecular flexibility index (Phi) is 2.94. The van der Waals surface area contributed by atoms with E-state index in [0.717, 1.165) is 22.4 Å². The Balaban J connectivity index is 2.21. The summed E-state index contributed by atoms with van der Waals surface area (Å²) in [5, 5.41) is 0. The van der Waals surface area contributed by atoms with Crippen molar-refractivity contribution in [2.24, 2.45) is 0 Å². The van der Waals surface area contributed by atoms with E-state index in [9.17, 15) is 0 Å². The summed E-state index contributed by atoms with van der Waals surface area (Å²) in [5.41, 5.74) is 10.6. The molecule has 3 rings (SSSR count). The van der Waals surface area contributed by atoms with Crippen molar-refractivity contribution in [1.29, 1.82) is 0 Å². The Morgan fingerprint density at radius 3 is 2.32 bits per heavy atom. The molecule has 3 nitrogen and oxygen atoms in total. The SMILES string of the molecule is Nc1cnc(-c2ccccc2)c(-c2ccncc2)c1. The molecular weight excluding hydrogens is 234 g/mol. The van der Waals surface area contributed by atoms with Crippen LogP contribution in [0.4, 0.5) is 5.69 Å². The van der Waals surface area contributed by atoms with Crippen LogP contribution in [0.5, 0.6) is 0 Å². The molecule has 0 radical (unpaired) electrons. The molecule has 2 aromatic heterocycles. The van der Waals surface area contributed by atoms with Gasteiger partial charge in [-0.25, -0.2) is 0 Å². The number of anilines is 1. The molecule has 19 heavy (non-hydrogen) atoms. The lowest BCUT2D eigenvalue weighted by Crippen LogP contribution is -1.93. The van der Waals surface area contributed by atoms with Crippen LogP contribution < -0.4 is 5.73 Å². The van der Waals surface area contributed by atoms with E-state index in [1.54, 1.807) is 18.6 Å². The molecule has 2 heterocycles. The molecule has 92 valence electrons. The number of pyridine rings is 2. The summed E-state index contributed by atoms with van der Waals surface area (Å²) >= 11 is 0. The Bertz CT molecular complexity index is 679. The highest BCUT2D eigenvalue weighted by Gasteiger charge is 2.09. The second kappa shape index (κ2) is 4.90. The van der Waals surface area contributed by atoms with Crippen molar-refractivity contribution in [3.63, 3.8) is 0 Å². The first-order chi connectivity index (χ1) is 9.34. The fraction of sp³-hybridized carbons (Fsp3) is 0. The standard InChI is InChI=1S/C16H13N3/c17-14-10-15(12-6-8-18-9-7-12)16(19-11-14)13-4-2-1-3-5-13/h1-11H,17H2. The van der Waals surface area contributed by atoms with Gasteiger partial charge in [0.1, 0.15) is 0 Å². The van der Waals surface area contributed by atoms with Gasteiger partial charge in [0.05, 0.1) is 17.6 Å². The van der Waals surface area contributed by atoms with Gasteiger partial charge >= 0.3 is 0 Å². The predicted molar refractivity (Wildman–Crippen MR) is 77.3 cm³/mol. The smallest absolute Gasteiger partial charge is 0.0781 e. The topological polar surface area (TPSA) is 51.8 Å². The molecule has 3 aromatic rings. The van der Waals surface area contributed by atoms with Gasteiger partial charge in [0.2, 0.25) is 0 Å². The second-order valence-electron chi connectivity index (χ2n) is 4.27. The van der Waals surface area contributed by atoms with Gasteiger partial charge in [-0.05, 0) is 23.8 Å². The molecule has 0 amide bonds. The number of nitrogens with zero attached hydrogens (tertiary/aromatic N) is 2. The van der Waals surface area contributed by atoms with Crippen LogP contribution in [0.15, 0.2) is 67.1 Å². The highest BCUT2D eigenvalue weighted by atomic mass is 14.7. The van der Waals surface area contributed by atoms with Crippen LogP contribution in [0, 0.1) is 0 Å². The van der Waals surface area contributed by atoms with E-state index in [4.69, 9.17) is 5.73 Å². The lowest BCUT2D eigenvalue weighted by atomic mass is 10.00. The van der Waals surface area contributed by atoms with Crippen LogP contribution in [-0.4, -0.2) is 9.97 Å². The van der Waals surface area contributed by atoms with Crippen molar-refractivity contribution in [3.05, 3.63) is 67.1 Å². The van der Waals surface area contributed by atoms with E-state index in [0.29, 0.717) is 5.69 Å². The van der Waals surface area contributed by atoms with Gasteiger partial charge in [0.15, 0.2) is 0 Å². The minimum absolute atomic E-state index is 0.659. The fourth-order valence-electron chi connectivity index (χ4n) is 2.06. The quantitative estimate of drug-likeness (QED) is 0.755. The van der Waals surface area contributed by atoms with E-state index in [2.05, 4.69) is 9.97 Å². The second-order valence-corrected chi connectivity index (χ2v) is 4.27. The molecular formula is C16H13N3. The summed E-state index contributed by atoms with van der Waals surface area (Å²) in [6.07, 6.45) is 5.23. The molecule has 0 unspecified atom stereocenters. The average Bonchev–Trinajstić information content (AvgIpc) is 2.49. The largest absolute Gasteiger partial charge is 0.397 e. The normalized spacial score (nSPS) is 10.3. The van der Waals surface area contributed by atoms with Crippen LogP contribution in [0.1, 0.15) is 0 Å². The maximum atomic E-state index is 5.86. The molecule has 0 aliphatic carbocycles. The summed E-state index contributed by atoms with van der Waals surface area (Å²) in [5.74, 6) is 0. The lowest BCUT2D eigenvalue weighted by molar-refractivity contribution is 1.30. The van der Waals surface area contributed by atoms with Crippen LogP contribution in [0.3, 0.4) is 0 Å². The number of aromatic nitrogens is 2. The average molecular weight is 247 g/mol. The first-order valence-electron chi connectivity index (χ1n) is 6.06. The molecule has 0 fully saturated rings. The maximum Gasteiger partial charge on any atom is 0.0781 e. The third-order valence-corrected chi connectivity index (χ3v) is 2.95. The number of rotatable bonds is 2. The van der Waals surface area contributed by atoms with Gasteiger partial charge in [0, 0.05) is 23.5 Å². The van der Waals surface area contributed by atoms with Crippen LogP contribution in [0.2, 0.25) is 0 Å². The van der Waals surface area contributed by atoms with E-state index < -0.39 is 0 Å². The predicted octanol–water partition coefficient (Wildman–Crippen LogP) is 3.39. The molecule has 1 aromatic carbocycles. The zero-order chi connectivity index (χ0) is 13.1. The van der Waals surface area contributed by atoms with Crippen molar-refractivity contribution in [3.8, 4) is 22.4 Å². The Labute approximate surface area is 111 Å². The highest BCUT2D eigenvalue weighted by Crippen LogP contribution is 2.31. The summed E-state index contributed by atoms with van der Waals surface area (Å²) in [7, 11) is 0. The van der Waals surface area contributed by atoms with Gasteiger partial charge in [-0.1, -0.05) is 30.3 Å². The van der Waals surface area contributed by atoms with Crippen LogP contribution >= 0.6 is 0 Å².